The molecule has 6 nitrogen and oxygen atoms in total. The fourth-order valence-electron chi connectivity index (χ4n) is 1.03. The third kappa shape index (κ3) is 4.46. The zero-order chi connectivity index (χ0) is 10.6. The third-order valence-electron chi connectivity index (χ3n) is 1.68. The molecule has 0 aromatic carbocycles. The number of amides is 1. The molecule has 1 saturated heterocycles. The summed E-state index contributed by atoms with van der Waals surface area (Å²) in [6, 6.07) is 0. The molecule has 15 heavy (non-hydrogen) atoms. The molecule has 7 heteroatoms. The molecule has 0 aliphatic carbocycles. The molecular formula is C8H11N2NaO4. The number of carboxylic acid groups (broad SMARTS) is 1. The number of hydrogen-bond acceptors (Lipinski definition) is 4. The summed E-state index contributed by atoms with van der Waals surface area (Å²) in [7, 11) is 0. The van der Waals surface area contributed by atoms with Crippen LogP contribution in [0.1, 0.15) is 6.42 Å². The van der Waals surface area contributed by atoms with Crippen molar-refractivity contribution < 1.29 is 19.5 Å². The Kier molecular flexibility index (Phi) is 6.23. The number of nitrogens with one attached hydrogen (secondary N) is 2. The SMILES string of the molecule is O=C(O)CNC=C1C(=O)CCNC1=O.[NaH]. The van der Waals surface area contributed by atoms with Gasteiger partial charge in [0.05, 0.1) is 5.57 Å². The van der Waals surface area contributed by atoms with E-state index in [9.17, 15) is 14.4 Å². The number of Topliss-reactive ketones (excluding diaryl/α,β-unsaturated/α-hetero) is 1. The van der Waals surface area contributed by atoms with Crippen molar-refractivity contribution in [2.75, 3.05) is 13.1 Å². The molecule has 1 aliphatic heterocycles. The second kappa shape index (κ2) is 6.60. The van der Waals surface area contributed by atoms with Gasteiger partial charge >= 0.3 is 35.5 Å². The topological polar surface area (TPSA) is 95.5 Å². The summed E-state index contributed by atoms with van der Waals surface area (Å²) < 4.78 is 0. The first-order valence-corrected chi connectivity index (χ1v) is 4.08. The summed E-state index contributed by atoms with van der Waals surface area (Å²) in [6.45, 7) is 0.0258. The summed E-state index contributed by atoms with van der Waals surface area (Å²) in [4.78, 5) is 32.4. The third-order valence-corrected chi connectivity index (χ3v) is 1.68. The zero-order valence-electron chi connectivity index (χ0n) is 7.37. The molecule has 3 N–H and O–H groups in total. The van der Waals surface area contributed by atoms with Crippen LogP contribution in [-0.4, -0.2) is 65.4 Å². The van der Waals surface area contributed by atoms with Gasteiger partial charge in [0, 0.05) is 19.2 Å². The van der Waals surface area contributed by atoms with Crippen LogP contribution < -0.4 is 10.6 Å². The maximum atomic E-state index is 11.2. The van der Waals surface area contributed by atoms with Crippen molar-refractivity contribution in [3.63, 3.8) is 0 Å². The van der Waals surface area contributed by atoms with Gasteiger partial charge in [-0.25, -0.2) is 0 Å². The second-order valence-corrected chi connectivity index (χ2v) is 2.76. The molecular weight excluding hydrogens is 211 g/mol. The number of carboxylic acids is 1. The number of carbonyl (C=O) groups is 3. The summed E-state index contributed by atoms with van der Waals surface area (Å²) in [5.41, 5.74) is -0.0162. The Morgan fingerprint density at radius 3 is 2.73 bits per heavy atom. The van der Waals surface area contributed by atoms with Crippen LogP contribution in [0, 0.1) is 0 Å². The van der Waals surface area contributed by atoms with Crippen molar-refractivity contribution in [3.8, 4) is 0 Å². The van der Waals surface area contributed by atoms with E-state index in [1.165, 1.54) is 0 Å². The summed E-state index contributed by atoms with van der Waals surface area (Å²) in [5.74, 6) is -1.78. The number of hydrogen-bond donors (Lipinski definition) is 3. The van der Waals surface area contributed by atoms with Crippen molar-refractivity contribution in [1.82, 2.24) is 10.6 Å². The molecule has 1 rings (SSSR count). The molecule has 0 aromatic rings. The monoisotopic (exact) mass is 222 g/mol. The van der Waals surface area contributed by atoms with E-state index >= 15 is 0 Å². The molecule has 1 amide bonds. The van der Waals surface area contributed by atoms with Crippen LogP contribution >= 0.6 is 0 Å². The Morgan fingerprint density at radius 1 is 1.53 bits per heavy atom. The Labute approximate surface area is 108 Å². The van der Waals surface area contributed by atoms with E-state index in [-0.39, 0.29) is 53.9 Å². The van der Waals surface area contributed by atoms with Gasteiger partial charge in [0.15, 0.2) is 5.78 Å². The standard InChI is InChI=1S/C8H10N2O4.Na.H/c11-6-1-2-10-8(14)5(6)3-9-4-7(12)13;;/h3,9H,1-2,4H2,(H,10,14)(H,12,13);;. The molecule has 1 fully saturated rings. The predicted octanol–water partition coefficient (Wildman–Crippen LogP) is -2.01. The number of rotatable bonds is 3. The van der Waals surface area contributed by atoms with Crippen molar-refractivity contribution in [2.24, 2.45) is 0 Å². The van der Waals surface area contributed by atoms with Crippen LogP contribution in [-0.2, 0) is 14.4 Å². The molecule has 1 aliphatic rings. The Morgan fingerprint density at radius 2 is 2.20 bits per heavy atom. The molecule has 78 valence electrons. The molecule has 1 heterocycles. The molecule has 0 aromatic heterocycles. The van der Waals surface area contributed by atoms with Gasteiger partial charge in [-0.3, -0.25) is 14.4 Å². The number of aliphatic carboxylic acids is 1. The summed E-state index contributed by atoms with van der Waals surface area (Å²) >= 11 is 0. The Bertz CT molecular complexity index is 296. The van der Waals surface area contributed by atoms with E-state index in [0.29, 0.717) is 6.54 Å². The first kappa shape index (κ1) is 14.2. The van der Waals surface area contributed by atoms with Gasteiger partial charge in [-0.1, -0.05) is 0 Å². The fourth-order valence-corrected chi connectivity index (χ4v) is 1.03. The Balaban J connectivity index is 0.00000196. The molecule has 0 unspecified atom stereocenters. The molecule has 0 radical (unpaired) electrons. The maximum absolute atomic E-state index is 11.2. The van der Waals surface area contributed by atoms with Crippen molar-refractivity contribution in [2.45, 2.75) is 6.42 Å². The van der Waals surface area contributed by atoms with Gasteiger partial charge in [0.25, 0.3) is 5.91 Å². The van der Waals surface area contributed by atoms with E-state index in [0.717, 1.165) is 6.20 Å². The first-order valence-electron chi connectivity index (χ1n) is 4.08. The van der Waals surface area contributed by atoms with Crippen LogP contribution in [0.5, 0.6) is 0 Å². The average molecular weight is 222 g/mol. The van der Waals surface area contributed by atoms with Crippen LogP contribution in [0.15, 0.2) is 11.8 Å². The van der Waals surface area contributed by atoms with Gasteiger partial charge < -0.3 is 15.7 Å². The quantitative estimate of drug-likeness (QED) is 0.291. The van der Waals surface area contributed by atoms with E-state index in [1.807, 2.05) is 0 Å². The molecule has 0 spiro atoms. The van der Waals surface area contributed by atoms with Crippen LogP contribution in [0.4, 0.5) is 0 Å². The predicted molar refractivity (Wildman–Crippen MR) is 53.5 cm³/mol. The minimum atomic E-state index is -1.05. The number of piperidine rings is 1. The van der Waals surface area contributed by atoms with Crippen LogP contribution in [0.25, 0.3) is 0 Å². The fraction of sp³-hybridized carbons (Fsp3) is 0.375. The van der Waals surface area contributed by atoms with Gasteiger partial charge in [-0.05, 0) is 0 Å². The van der Waals surface area contributed by atoms with Crippen molar-refractivity contribution >= 4 is 47.2 Å². The summed E-state index contributed by atoms with van der Waals surface area (Å²) in [5, 5.41) is 13.2. The Hall–Kier alpha value is -0.850. The average Bonchev–Trinajstić information content (AvgIpc) is 2.09. The van der Waals surface area contributed by atoms with Gasteiger partial charge in [0.1, 0.15) is 6.54 Å². The molecule has 0 bridgehead atoms. The van der Waals surface area contributed by atoms with E-state index < -0.39 is 11.9 Å². The van der Waals surface area contributed by atoms with Gasteiger partial charge in [-0.15, -0.1) is 0 Å². The van der Waals surface area contributed by atoms with Gasteiger partial charge in [0.2, 0.25) is 0 Å². The normalized spacial score (nSPS) is 18.0. The van der Waals surface area contributed by atoms with E-state index in [1.54, 1.807) is 0 Å². The first-order chi connectivity index (χ1) is 6.61. The molecule has 0 atom stereocenters. The van der Waals surface area contributed by atoms with Gasteiger partial charge in [-0.2, -0.15) is 0 Å². The number of ketones is 1. The van der Waals surface area contributed by atoms with E-state index in [2.05, 4.69) is 10.6 Å². The second-order valence-electron chi connectivity index (χ2n) is 2.76. The van der Waals surface area contributed by atoms with E-state index in [4.69, 9.17) is 5.11 Å². The molecule has 0 saturated carbocycles. The summed E-state index contributed by atoms with van der Waals surface area (Å²) in [6.07, 6.45) is 1.40. The minimum absolute atomic E-state index is 0. The van der Waals surface area contributed by atoms with Crippen molar-refractivity contribution in [1.29, 1.82) is 0 Å². The van der Waals surface area contributed by atoms with Crippen molar-refractivity contribution in [3.05, 3.63) is 11.8 Å². The van der Waals surface area contributed by atoms with Crippen LogP contribution in [0.2, 0.25) is 0 Å². The number of carbonyl (C=O) groups excluding carboxylic acids is 2. The zero-order valence-corrected chi connectivity index (χ0v) is 7.37. The van der Waals surface area contributed by atoms with Crippen LogP contribution in [0.3, 0.4) is 0 Å².